The fraction of sp³-hybridized carbons (Fsp3) is 0.133. The first-order valence-corrected chi connectivity index (χ1v) is 6.90. The van der Waals surface area contributed by atoms with Gasteiger partial charge in [-0.1, -0.05) is 0 Å². The molecule has 25 heavy (non-hydrogen) atoms. The Balaban J connectivity index is 2.25. The maximum atomic E-state index is 11.1. The molecule has 2 aromatic carbocycles. The Morgan fingerprint density at radius 1 is 1.04 bits per heavy atom. The van der Waals surface area contributed by atoms with E-state index in [1.807, 2.05) is 0 Å². The van der Waals surface area contributed by atoms with Gasteiger partial charge < -0.3 is 9.47 Å². The molecule has 0 bridgehead atoms. The molecule has 0 radical (unpaired) electrons. The minimum Gasteiger partial charge on any atom is -0.497 e. The van der Waals surface area contributed by atoms with Crippen molar-refractivity contribution in [2.75, 3.05) is 19.6 Å². The minimum absolute atomic E-state index is 0.0272. The molecule has 130 valence electrons. The van der Waals surface area contributed by atoms with Crippen molar-refractivity contribution in [3.8, 4) is 11.5 Å². The van der Waals surface area contributed by atoms with E-state index in [-0.39, 0.29) is 11.4 Å². The Hall–Kier alpha value is -3.69. The molecule has 0 aliphatic carbocycles. The van der Waals surface area contributed by atoms with Gasteiger partial charge >= 0.3 is 5.69 Å². The highest BCUT2D eigenvalue weighted by molar-refractivity contribution is 5.84. The van der Waals surface area contributed by atoms with Crippen molar-refractivity contribution < 1.29 is 19.3 Å². The van der Waals surface area contributed by atoms with Crippen LogP contribution in [0.4, 0.5) is 17.1 Å². The summed E-state index contributed by atoms with van der Waals surface area (Å²) in [7, 11) is 3.01. The fourth-order valence-electron chi connectivity index (χ4n) is 1.98. The fourth-order valence-corrected chi connectivity index (χ4v) is 1.98. The summed E-state index contributed by atoms with van der Waals surface area (Å²) in [6, 6.07) is 8.31. The summed E-state index contributed by atoms with van der Waals surface area (Å²) in [6.07, 6.45) is 1.41. The van der Waals surface area contributed by atoms with Crippen LogP contribution in [-0.4, -0.2) is 30.3 Å². The van der Waals surface area contributed by atoms with E-state index in [1.165, 1.54) is 26.5 Å². The Morgan fingerprint density at radius 2 is 1.80 bits per heavy atom. The average molecular weight is 346 g/mol. The van der Waals surface area contributed by atoms with E-state index in [0.29, 0.717) is 17.1 Å². The third kappa shape index (κ3) is 4.19. The summed E-state index contributed by atoms with van der Waals surface area (Å²) in [5.74, 6) is 1.11. The first kappa shape index (κ1) is 17.7. The standard InChI is InChI=1S/C15H14N4O6/c1-24-12-5-3-10(15(8-12)25-2)9-16-17-13-6-4-11(18(20)21)7-14(13)19(22)23/h3-9,17H,1-2H3. The Kier molecular flexibility index (Phi) is 5.46. The molecule has 2 aromatic rings. The molecule has 0 spiro atoms. The van der Waals surface area contributed by atoms with Crippen molar-refractivity contribution in [3.63, 3.8) is 0 Å². The second-order valence-electron chi connectivity index (χ2n) is 4.69. The van der Waals surface area contributed by atoms with Crippen LogP contribution in [0.25, 0.3) is 0 Å². The molecular weight excluding hydrogens is 332 g/mol. The maximum Gasteiger partial charge on any atom is 0.301 e. The molecule has 0 unspecified atom stereocenters. The van der Waals surface area contributed by atoms with E-state index in [4.69, 9.17) is 9.47 Å². The zero-order valence-electron chi connectivity index (χ0n) is 13.3. The van der Waals surface area contributed by atoms with Crippen molar-refractivity contribution in [2.45, 2.75) is 0 Å². The Labute approximate surface area is 142 Å². The number of ether oxygens (including phenoxy) is 2. The van der Waals surface area contributed by atoms with Gasteiger partial charge in [0.15, 0.2) is 0 Å². The Morgan fingerprint density at radius 3 is 2.40 bits per heavy atom. The number of non-ortho nitro benzene ring substituents is 1. The summed E-state index contributed by atoms with van der Waals surface area (Å²) in [5, 5.41) is 25.7. The molecule has 0 aliphatic heterocycles. The molecule has 0 aliphatic rings. The highest BCUT2D eigenvalue weighted by Crippen LogP contribution is 2.29. The summed E-state index contributed by atoms with van der Waals surface area (Å²) >= 11 is 0. The molecule has 1 N–H and O–H groups in total. The number of nitro groups is 2. The number of hydrogen-bond donors (Lipinski definition) is 1. The lowest BCUT2D eigenvalue weighted by atomic mass is 10.2. The normalized spacial score (nSPS) is 10.5. The lowest BCUT2D eigenvalue weighted by molar-refractivity contribution is -0.393. The smallest absolute Gasteiger partial charge is 0.301 e. The molecule has 0 saturated carbocycles. The largest absolute Gasteiger partial charge is 0.497 e. The SMILES string of the molecule is COc1ccc(C=NNc2ccc([N+](=O)[O-])cc2[N+](=O)[O-])c(OC)c1. The van der Waals surface area contributed by atoms with Gasteiger partial charge in [-0.3, -0.25) is 25.7 Å². The molecule has 0 fully saturated rings. The monoisotopic (exact) mass is 346 g/mol. The molecule has 0 atom stereocenters. The number of anilines is 1. The number of nitrogens with one attached hydrogen (secondary N) is 1. The second kappa shape index (κ2) is 7.73. The molecule has 0 saturated heterocycles. The van der Waals surface area contributed by atoms with Gasteiger partial charge in [-0.05, 0) is 18.2 Å². The van der Waals surface area contributed by atoms with Crippen LogP contribution in [0.5, 0.6) is 11.5 Å². The van der Waals surface area contributed by atoms with Gasteiger partial charge in [0, 0.05) is 17.7 Å². The molecule has 10 nitrogen and oxygen atoms in total. The van der Waals surface area contributed by atoms with Gasteiger partial charge in [0.25, 0.3) is 5.69 Å². The lowest BCUT2D eigenvalue weighted by Gasteiger charge is -2.07. The number of nitro benzene ring substituents is 2. The molecule has 0 aromatic heterocycles. The van der Waals surface area contributed by atoms with Crippen molar-refractivity contribution in [1.82, 2.24) is 0 Å². The average Bonchev–Trinajstić information content (AvgIpc) is 2.61. The van der Waals surface area contributed by atoms with Crippen LogP contribution < -0.4 is 14.9 Å². The van der Waals surface area contributed by atoms with Crippen LogP contribution in [0.2, 0.25) is 0 Å². The predicted molar refractivity (Wildman–Crippen MR) is 90.5 cm³/mol. The molecular formula is C15H14N4O6. The number of methoxy groups -OCH3 is 2. The van der Waals surface area contributed by atoms with Crippen molar-refractivity contribution >= 4 is 23.3 Å². The van der Waals surface area contributed by atoms with Crippen LogP contribution in [0.15, 0.2) is 41.5 Å². The predicted octanol–water partition coefficient (Wildman–Crippen LogP) is 2.97. The third-order valence-electron chi connectivity index (χ3n) is 3.22. The first-order valence-electron chi connectivity index (χ1n) is 6.90. The highest BCUT2D eigenvalue weighted by Gasteiger charge is 2.19. The lowest BCUT2D eigenvalue weighted by Crippen LogP contribution is -1.99. The topological polar surface area (TPSA) is 129 Å². The van der Waals surface area contributed by atoms with Crippen LogP contribution >= 0.6 is 0 Å². The molecule has 2 rings (SSSR count). The third-order valence-corrected chi connectivity index (χ3v) is 3.22. The van der Waals surface area contributed by atoms with Crippen molar-refractivity contribution in [2.24, 2.45) is 5.10 Å². The summed E-state index contributed by atoms with van der Waals surface area (Å²) < 4.78 is 10.3. The van der Waals surface area contributed by atoms with Gasteiger partial charge in [0.2, 0.25) is 0 Å². The summed E-state index contributed by atoms with van der Waals surface area (Å²) in [5.41, 5.74) is 2.32. The molecule has 0 heterocycles. The van der Waals surface area contributed by atoms with Gasteiger partial charge in [-0.15, -0.1) is 0 Å². The maximum absolute atomic E-state index is 11.1. The zero-order valence-corrected chi connectivity index (χ0v) is 13.3. The number of hydrazone groups is 1. The van der Waals surface area contributed by atoms with E-state index >= 15 is 0 Å². The van der Waals surface area contributed by atoms with E-state index in [1.54, 1.807) is 18.2 Å². The zero-order chi connectivity index (χ0) is 18.4. The summed E-state index contributed by atoms with van der Waals surface area (Å²) in [6.45, 7) is 0. The van der Waals surface area contributed by atoms with Crippen LogP contribution in [0.1, 0.15) is 5.56 Å². The van der Waals surface area contributed by atoms with Gasteiger partial charge in [-0.2, -0.15) is 5.10 Å². The molecule has 10 heteroatoms. The minimum atomic E-state index is -0.723. The second-order valence-corrected chi connectivity index (χ2v) is 4.69. The van der Waals surface area contributed by atoms with Gasteiger partial charge in [0.1, 0.15) is 17.2 Å². The van der Waals surface area contributed by atoms with Crippen LogP contribution in [-0.2, 0) is 0 Å². The van der Waals surface area contributed by atoms with Crippen LogP contribution in [0.3, 0.4) is 0 Å². The summed E-state index contributed by atoms with van der Waals surface area (Å²) in [4.78, 5) is 20.3. The van der Waals surface area contributed by atoms with E-state index < -0.39 is 15.5 Å². The van der Waals surface area contributed by atoms with Gasteiger partial charge in [-0.25, -0.2) is 0 Å². The highest BCUT2D eigenvalue weighted by atomic mass is 16.6. The number of hydrogen-bond acceptors (Lipinski definition) is 8. The number of benzene rings is 2. The van der Waals surface area contributed by atoms with Crippen LogP contribution in [0, 0.1) is 20.2 Å². The number of nitrogens with zero attached hydrogens (tertiary/aromatic N) is 3. The van der Waals surface area contributed by atoms with E-state index in [2.05, 4.69) is 10.5 Å². The Bertz CT molecular complexity index is 837. The number of rotatable bonds is 7. The van der Waals surface area contributed by atoms with Crippen molar-refractivity contribution in [3.05, 3.63) is 62.2 Å². The first-order chi connectivity index (χ1) is 12.0. The van der Waals surface area contributed by atoms with Crippen molar-refractivity contribution in [1.29, 1.82) is 0 Å². The van der Waals surface area contributed by atoms with E-state index in [9.17, 15) is 20.2 Å². The molecule has 0 amide bonds. The quantitative estimate of drug-likeness (QED) is 0.463. The van der Waals surface area contributed by atoms with Gasteiger partial charge in [0.05, 0.1) is 36.3 Å². The van der Waals surface area contributed by atoms with E-state index in [0.717, 1.165) is 12.1 Å².